The van der Waals surface area contributed by atoms with E-state index in [-0.39, 0.29) is 24.0 Å². The van der Waals surface area contributed by atoms with Gasteiger partial charge < -0.3 is 25.0 Å². The van der Waals surface area contributed by atoms with Gasteiger partial charge in [-0.25, -0.2) is 0 Å². The van der Waals surface area contributed by atoms with Gasteiger partial charge in [0.25, 0.3) is 0 Å². The van der Waals surface area contributed by atoms with E-state index in [9.17, 15) is 0 Å². The van der Waals surface area contributed by atoms with Crippen LogP contribution in [0.1, 0.15) is 33.6 Å². The van der Waals surface area contributed by atoms with Gasteiger partial charge in [0.15, 0.2) is 5.96 Å². The number of halogens is 1. The Morgan fingerprint density at radius 1 is 1.11 bits per heavy atom. The number of hydrogen-bond acceptors (Lipinski definition) is 5. The van der Waals surface area contributed by atoms with Crippen LogP contribution in [0.25, 0.3) is 0 Å². The number of likely N-dealkylation sites (tertiary alicyclic amines) is 1. The summed E-state index contributed by atoms with van der Waals surface area (Å²) in [5, 5.41) is 7.12. The van der Waals surface area contributed by atoms with Gasteiger partial charge in [0.1, 0.15) is 0 Å². The topological polar surface area (TPSA) is 61.4 Å². The second-order valence-electron chi connectivity index (χ2n) is 8.15. The van der Waals surface area contributed by atoms with Crippen molar-refractivity contribution in [1.29, 1.82) is 0 Å². The molecular weight excluding hydrogens is 469 g/mol. The molecule has 2 fully saturated rings. The molecule has 2 aliphatic heterocycles. The lowest BCUT2D eigenvalue weighted by atomic mass is 10.1. The SMILES string of the molecule is CN=C(NCC(C)CN1CCOCC1)NC1CCN(CCOC(C)C)CC1.I. The number of morpholine rings is 1. The van der Waals surface area contributed by atoms with E-state index in [0.717, 1.165) is 84.4 Å². The fourth-order valence-corrected chi connectivity index (χ4v) is 3.67. The number of nitrogens with one attached hydrogen (secondary N) is 2. The highest BCUT2D eigenvalue weighted by molar-refractivity contribution is 14.0. The highest BCUT2D eigenvalue weighted by atomic mass is 127. The third kappa shape index (κ3) is 10.6. The summed E-state index contributed by atoms with van der Waals surface area (Å²) in [6, 6.07) is 0.507. The number of aliphatic imine (C=N–C) groups is 1. The van der Waals surface area contributed by atoms with Crippen LogP contribution in [0.4, 0.5) is 0 Å². The first-order valence-electron chi connectivity index (χ1n) is 10.7. The molecule has 1 atom stereocenters. The Bertz CT molecular complexity index is 425. The Hall–Kier alpha value is -0.160. The predicted molar refractivity (Wildman–Crippen MR) is 127 cm³/mol. The molecule has 2 rings (SSSR count). The van der Waals surface area contributed by atoms with Crippen molar-refractivity contribution in [3.8, 4) is 0 Å². The lowest BCUT2D eigenvalue weighted by molar-refractivity contribution is 0.0320. The van der Waals surface area contributed by atoms with Crippen molar-refractivity contribution in [3.63, 3.8) is 0 Å². The maximum absolute atomic E-state index is 5.67. The minimum atomic E-state index is 0. The molecule has 0 aromatic heterocycles. The van der Waals surface area contributed by atoms with Crippen LogP contribution in [-0.4, -0.2) is 101 Å². The summed E-state index contributed by atoms with van der Waals surface area (Å²) < 4.78 is 11.1. The van der Waals surface area contributed by atoms with Crippen LogP contribution in [0.2, 0.25) is 0 Å². The number of ether oxygens (including phenoxy) is 2. The monoisotopic (exact) mass is 511 g/mol. The third-order valence-electron chi connectivity index (χ3n) is 5.30. The Morgan fingerprint density at radius 2 is 1.79 bits per heavy atom. The third-order valence-corrected chi connectivity index (χ3v) is 5.30. The highest BCUT2D eigenvalue weighted by Crippen LogP contribution is 2.10. The Labute approximate surface area is 189 Å². The normalized spacial score (nSPS) is 21.4. The number of guanidine groups is 1. The van der Waals surface area contributed by atoms with Crippen molar-refractivity contribution >= 4 is 29.9 Å². The quantitative estimate of drug-likeness (QED) is 0.279. The van der Waals surface area contributed by atoms with Crippen molar-refractivity contribution in [3.05, 3.63) is 0 Å². The summed E-state index contributed by atoms with van der Waals surface area (Å²) in [6.45, 7) is 16.5. The average Bonchev–Trinajstić information content (AvgIpc) is 2.67. The van der Waals surface area contributed by atoms with E-state index in [0.29, 0.717) is 18.1 Å². The van der Waals surface area contributed by atoms with E-state index < -0.39 is 0 Å². The van der Waals surface area contributed by atoms with Crippen LogP contribution < -0.4 is 10.6 Å². The molecule has 2 aliphatic rings. The molecule has 1 unspecified atom stereocenters. The van der Waals surface area contributed by atoms with E-state index >= 15 is 0 Å². The summed E-state index contributed by atoms with van der Waals surface area (Å²) in [5.41, 5.74) is 0. The van der Waals surface area contributed by atoms with Gasteiger partial charge in [-0.1, -0.05) is 6.92 Å². The summed E-state index contributed by atoms with van der Waals surface area (Å²) in [7, 11) is 1.86. The zero-order chi connectivity index (χ0) is 19.5. The minimum Gasteiger partial charge on any atom is -0.379 e. The molecule has 0 aromatic rings. The van der Waals surface area contributed by atoms with Gasteiger partial charge in [0, 0.05) is 58.9 Å². The number of piperidine rings is 1. The molecule has 28 heavy (non-hydrogen) atoms. The lowest BCUT2D eigenvalue weighted by Gasteiger charge is -2.33. The largest absolute Gasteiger partial charge is 0.379 e. The molecule has 0 bridgehead atoms. The van der Waals surface area contributed by atoms with Gasteiger partial charge in [-0.2, -0.15) is 0 Å². The Kier molecular flexibility index (Phi) is 13.6. The van der Waals surface area contributed by atoms with Gasteiger partial charge >= 0.3 is 0 Å². The van der Waals surface area contributed by atoms with Gasteiger partial charge in [0.05, 0.1) is 25.9 Å². The molecule has 0 aliphatic carbocycles. The maximum Gasteiger partial charge on any atom is 0.191 e. The molecule has 2 saturated heterocycles. The van der Waals surface area contributed by atoms with Crippen molar-refractivity contribution in [1.82, 2.24) is 20.4 Å². The van der Waals surface area contributed by atoms with Crippen LogP contribution >= 0.6 is 24.0 Å². The lowest BCUT2D eigenvalue weighted by Crippen LogP contribution is -2.50. The first-order chi connectivity index (χ1) is 13.1. The predicted octanol–water partition coefficient (Wildman–Crippen LogP) is 1.63. The maximum atomic E-state index is 5.67. The van der Waals surface area contributed by atoms with E-state index in [1.54, 1.807) is 0 Å². The van der Waals surface area contributed by atoms with Crippen LogP contribution in [0.3, 0.4) is 0 Å². The standard InChI is InChI=1S/C20H41N5O2.HI/c1-17(2)27-14-11-24-7-5-19(6-8-24)23-20(21-4)22-15-18(3)16-25-9-12-26-13-10-25;/h17-19H,5-16H2,1-4H3,(H2,21,22,23);1H. The first-order valence-corrected chi connectivity index (χ1v) is 10.7. The van der Waals surface area contributed by atoms with Gasteiger partial charge in [-0.05, 0) is 32.6 Å². The molecule has 8 heteroatoms. The van der Waals surface area contributed by atoms with Crippen LogP contribution in [0, 0.1) is 5.92 Å². The van der Waals surface area contributed by atoms with E-state index in [1.165, 1.54) is 0 Å². The van der Waals surface area contributed by atoms with Crippen molar-refractivity contribution < 1.29 is 9.47 Å². The van der Waals surface area contributed by atoms with Gasteiger partial charge in [0.2, 0.25) is 0 Å². The van der Waals surface area contributed by atoms with Crippen molar-refractivity contribution in [2.45, 2.75) is 45.8 Å². The van der Waals surface area contributed by atoms with Crippen molar-refractivity contribution in [2.24, 2.45) is 10.9 Å². The van der Waals surface area contributed by atoms with Crippen LogP contribution in [-0.2, 0) is 9.47 Å². The van der Waals surface area contributed by atoms with Gasteiger partial charge in [-0.15, -0.1) is 24.0 Å². The number of nitrogens with zero attached hydrogens (tertiary/aromatic N) is 3. The molecule has 7 nitrogen and oxygen atoms in total. The summed E-state index contributed by atoms with van der Waals surface area (Å²) >= 11 is 0. The van der Waals surface area contributed by atoms with Gasteiger partial charge in [-0.3, -0.25) is 9.89 Å². The fourth-order valence-electron chi connectivity index (χ4n) is 3.67. The molecule has 0 radical (unpaired) electrons. The molecule has 0 saturated carbocycles. The molecule has 0 spiro atoms. The summed E-state index contributed by atoms with van der Waals surface area (Å²) in [4.78, 5) is 9.41. The number of hydrogen-bond donors (Lipinski definition) is 2. The second-order valence-corrected chi connectivity index (χ2v) is 8.15. The zero-order valence-corrected chi connectivity index (χ0v) is 20.6. The van der Waals surface area contributed by atoms with E-state index in [2.05, 4.69) is 46.2 Å². The molecule has 2 N–H and O–H groups in total. The second kappa shape index (κ2) is 14.8. The van der Waals surface area contributed by atoms with Crippen molar-refractivity contribution in [2.75, 3.05) is 72.7 Å². The average molecular weight is 511 g/mol. The molecule has 2 heterocycles. The van der Waals surface area contributed by atoms with E-state index in [1.807, 2.05) is 7.05 Å². The first kappa shape index (κ1) is 25.9. The highest BCUT2D eigenvalue weighted by Gasteiger charge is 2.20. The smallest absolute Gasteiger partial charge is 0.191 e. The fraction of sp³-hybridized carbons (Fsp3) is 0.950. The minimum absolute atomic E-state index is 0. The Morgan fingerprint density at radius 3 is 2.39 bits per heavy atom. The number of rotatable bonds is 9. The Balaban J connectivity index is 0.00000392. The van der Waals surface area contributed by atoms with Crippen LogP contribution in [0.5, 0.6) is 0 Å². The molecule has 166 valence electrons. The van der Waals surface area contributed by atoms with E-state index in [4.69, 9.17) is 9.47 Å². The summed E-state index contributed by atoms with van der Waals surface area (Å²) in [5.74, 6) is 1.52. The molecule has 0 amide bonds. The zero-order valence-electron chi connectivity index (χ0n) is 18.3. The van der Waals surface area contributed by atoms with Crippen LogP contribution in [0.15, 0.2) is 4.99 Å². The summed E-state index contributed by atoms with van der Waals surface area (Å²) in [6.07, 6.45) is 2.64. The molecular formula is C20H42IN5O2. The molecule has 0 aromatic carbocycles.